The Morgan fingerprint density at radius 2 is 2.04 bits per heavy atom. The lowest BCUT2D eigenvalue weighted by Gasteiger charge is -2.17. The van der Waals surface area contributed by atoms with Crippen LogP contribution in [-0.4, -0.2) is 21.3 Å². The van der Waals surface area contributed by atoms with Crippen molar-refractivity contribution in [2.45, 2.75) is 36.7 Å². The number of hydrogen-bond acceptors (Lipinski definition) is 4. The molecule has 5 heteroatoms. The molecule has 0 amide bonds. The SMILES string of the molecule is O=C(O)C1=CC2=CCCC=C2Sc2c1cc(O)c1c2[C@@H](O)CC1. The van der Waals surface area contributed by atoms with Gasteiger partial charge in [-0.25, -0.2) is 4.79 Å². The fraction of sp³-hybridized carbons (Fsp3) is 0.278. The van der Waals surface area contributed by atoms with Crippen LogP contribution in [0.5, 0.6) is 5.75 Å². The highest BCUT2D eigenvalue weighted by atomic mass is 32.2. The summed E-state index contributed by atoms with van der Waals surface area (Å²) in [5, 5.41) is 30.3. The number of benzene rings is 1. The fourth-order valence-corrected chi connectivity index (χ4v) is 4.81. The van der Waals surface area contributed by atoms with Gasteiger partial charge in [0.15, 0.2) is 0 Å². The summed E-state index contributed by atoms with van der Waals surface area (Å²) in [6.45, 7) is 0. The highest BCUT2D eigenvalue weighted by Crippen LogP contribution is 2.51. The first-order valence-electron chi connectivity index (χ1n) is 7.67. The molecular weight excluding hydrogens is 312 g/mol. The Morgan fingerprint density at radius 3 is 2.83 bits per heavy atom. The van der Waals surface area contributed by atoms with Gasteiger partial charge in [0.2, 0.25) is 0 Å². The van der Waals surface area contributed by atoms with Gasteiger partial charge in [-0.1, -0.05) is 23.9 Å². The molecule has 1 heterocycles. The Labute approximate surface area is 137 Å². The molecule has 0 saturated heterocycles. The lowest BCUT2D eigenvalue weighted by molar-refractivity contribution is -0.130. The second-order valence-electron chi connectivity index (χ2n) is 5.99. The topological polar surface area (TPSA) is 77.8 Å². The van der Waals surface area contributed by atoms with E-state index in [1.807, 2.05) is 6.08 Å². The monoisotopic (exact) mass is 328 g/mol. The molecule has 0 aromatic heterocycles. The normalized spacial score (nSPS) is 22.1. The molecule has 4 rings (SSSR count). The fourth-order valence-electron chi connectivity index (χ4n) is 3.48. The van der Waals surface area contributed by atoms with Gasteiger partial charge >= 0.3 is 5.97 Å². The molecule has 0 unspecified atom stereocenters. The Hall–Kier alpha value is -1.98. The number of allylic oxidation sites excluding steroid dienone is 4. The van der Waals surface area contributed by atoms with E-state index in [0.29, 0.717) is 24.0 Å². The summed E-state index contributed by atoms with van der Waals surface area (Å²) in [5.41, 5.74) is 3.02. The van der Waals surface area contributed by atoms with Crippen LogP contribution in [0.4, 0.5) is 0 Å². The van der Waals surface area contributed by atoms with E-state index >= 15 is 0 Å². The molecule has 23 heavy (non-hydrogen) atoms. The highest BCUT2D eigenvalue weighted by molar-refractivity contribution is 8.03. The van der Waals surface area contributed by atoms with Crippen LogP contribution in [0.2, 0.25) is 0 Å². The first-order valence-corrected chi connectivity index (χ1v) is 8.48. The summed E-state index contributed by atoms with van der Waals surface area (Å²) >= 11 is 1.51. The Morgan fingerprint density at radius 1 is 1.26 bits per heavy atom. The van der Waals surface area contributed by atoms with E-state index in [0.717, 1.165) is 33.8 Å². The van der Waals surface area contributed by atoms with Crippen LogP contribution in [0, 0.1) is 0 Å². The summed E-state index contributed by atoms with van der Waals surface area (Å²) in [4.78, 5) is 13.6. The molecule has 0 saturated carbocycles. The van der Waals surface area contributed by atoms with E-state index in [9.17, 15) is 20.1 Å². The van der Waals surface area contributed by atoms with Gasteiger partial charge in [-0.3, -0.25) is 0 Å². The zero-order valence-corrected chi connectivity index (χ0v) is 13.2. The number of aliphatic hydroxyl groups excluding tert-OH is 1. The van der Waals surface area contributed by atoms with Gasteiger partial charge in [0, 0.05) is 26.5 Å². The van der Waals surface area contributed by atoms with Gasteiger partial charge in [0.1, 0.15) is 5.75 Å². The molecule has 118 valence electrons. The van der Waals surface area contributed by atoms with E-state index in [-0.39, 0.29) is 11.3 Å². The predicted octanol–water partition coefficient (Wildman–Crippen LogP) is 3.55. The zero-order chi connectivity index (χ0) is 16.1. The van der Waals surface area contributed by atoms with Crippen LogP contribution in [0.1, 0.15) is 42.1 Å². The average Bonchev–Trinajstić information content (AvgIpc) is 2.83. The number of aliphatic hydroxyl groups is 1. The van der Waals surface area contributed by atoms with Crippen LogP contribution in [0.25, 0.3) is 5.57 Å². The number of rotatable bonds is 1. The Balaban J connectivity index is 2.02. The molecule has 0 radical (unpaired) electrons. The quantitative estimate of drug-likeness (QED) is 0.735. The van der Waals surface area contributed by atoms with E-state index < -0.39 is 12.1 Å². The number of fused-ring (bicyclic) bond motifs is 4. The third-order valence-electron chi connectivity index (χ3n) is 4.58. The minimum atomic E-state index is -1.02. The number of phenolic OH excluding ortho intramolecular Hbond substituents is 1. The van der Waals surface area contributed by atoms with Crippen molar-refractivity contribution >= 4 is 23.3 Å². The van der Waals surface area contributed by atoms with Crippen molar-refractivity contribution in [3.63, 3.8) is 0 Å². The minimum Gasteiger partial charge on any atom is -0.508 e. The molecule has 3 N–H and O–H groups in total. The Bertz CT molecular complexity index is 817. The Kier molecular flexibility index (Phi) is 3.36. The number of aromatic hydroxyl groups is 1. The molecule has 0 spiro atoms. The highest BCUT2D eigenvalue weighted by Gasteiger charge is 2.33. The van der Waals surface area contributed by atoms with E-state index in [2.05, 4.69) is 6.08 Å². The minimum absolute atomic E-state index is 0.0795. The first-order chi connectivity index (χ1) is 11.1. The second kappa shape index (κ2) is 5.28. The molecular formula is C18H16O4S. The van der Waals surface area contributed by atoms with Crippen molar-refractivity contribution in [3.05, 3.63) is 51.5 Å². The van der Waals surface area contributed by atoms with Gasteiger partial charge < -0.3 is 15.3 Å². The molecule has 0 fully saturated rings. The maximum Gasteiger partial charge on any atom is 0.336 e. The van der Waals surface area contributed by atoms with Crippen LogP contribution in [0.3, 0.4) is 0 Å². The van der Waals surface area contributed by atoms with Crippen molar-refractivity contribution in [3.8, 4) is 5.75 Å². The van der Waals surface area contributed by atoms with Crippen molar-refractivity contribution in [1.82, 2.24) is 0 Å². The number of hydrogen-bond donors (Lipinski definition) is 3. The lowest BCUT2D eigenvalue weighted by atomic mass is 9.96. The van der Waals surface area contributed by atoms with Crippen LogP contribution < -0.4 is 0 Å². The van der Waals surface area contributed by atoms with Crippen molar-refractivity contribution in [2.24, 2.45) is 0 Å². The molecule has 0 bridgehead atoms. The van der Waals surface area contributed by atoms with Gasteiger partial charge in [0.25, 0.3) is 0 Å². The summed E-state index contributed by atoms with van der Waals surface area (Å²) < 4.78 is 0. The summed E-state index contributed by atoms with van der Waals surface area (Å²) in [6.07, 6.45) is 8.20. The zero-order valence-electron chi connectivity index (χ0n) is 12.4. The van der Waals surface area contributed by atoms with Crippen LogP contribution in [-0.2, 0) is 11.2 Å². The molecule has 2 aliphatic carbocycles. The van der Waals surface area contributed by atoms with Gasteiger partial charge in [-0.2, -0.15) is 0 Å². The summed E-state index contributed by atoms with van der Waals surface area (Å²) in [6, 6.07) is 1.54. The van der Waals surface area contributed by atoms with E-state index in [1.54, 1.807) is 6.08 Å². The largest absolute Gasteiger partial charge is 0.508 e. The molecule has 1 aliphatic heterocycles. The van der Waals surface area contributed by atoms with E-state index in [1.165, 1.54) is 17.8 Å². The maximum atomic E-state index is 11.8. The number of thioether (sulfide) groups is 1. The molecule has 1 aromatic carbocycles. The smallest absolute Gasteiger partial charge is 0.336 e. The lowest BCUT2D eigenvalue weighted by Crippen LogP contribution is -2.04. The predicted molar refractivity (Wildman–Crippen MR) is 88.3 cm³/mol. The third-order valence-corrected chi connectivity index (χ3v) is 5.85. The molecule has 4 nitrogen and oxygen atoms in total. The summed E-state index contributed by atoms with van der Waals surface area (Å²) in [7, 11) is 0. The average molecular weight is 328 g/mol. The molecule has 3 aliphatic rings. The number of carboxylic acid groups (broad SMARTS) is 1. The van der Waals surface area contributed by atoms with Crippen molar-refractivity contribution in [2.75, 3.05) is 0 Å². The number of aliphatic carboxylic acids is 1. The number of carbonyl (C=O) groups is 1. The maximum absolute atomic E-state index is 11.8. The second-order valence-corrected chi connectivity index (χ2v) is 7.04. The van der Waals surface area contributed by atoms with Crippen LogP contribution >= 0.6 is 11.8 Å². The van der Waals surface area contributed by atoms with Crippen LogP contribution in [0.15, 0.2) is 39.7 Å². The van der Waals surface area contributed by atoms with E-state index in [4.69, 9.17) is 0 Å². The van der Waals surface area contributed by atoms with Gasteiger partial charge in [-0.15, -0.1) is 0 Å². The van der Waals surface area contributed by atoms with Crippen molar-refractivity contribution < 1.29 is 20.1 Å². The summed E-state index contributed by atoms with van der Waals surface area (Å²) in [5.74, 6) is -0.942. The van der Waals surface area contributed by atoms with Gasteiger partial charge in [-0.05, 0) is 43.4 Å². The molecule has 1 atom stereocenters. The van der Waals surface area contributed by atoms with Crippen molar-refractivity contribution in [1.29, 1.82) is 0 Å². The standard InChI is InChI=1S/C18H16O4S/c19-13-6-5-10-14(20)8-11-12(18(21)22)7-9-3-1-2-4-15(9)23-17(11)16(10)13/h3-4,7-8,13,19-20H,1-2,5-6H2,(H,21,22)/t13-/m0/s1. The van der Waals surface area contributed by atoms with Gasteiger partial charge in [0.05, 0.1) is 11.7 Å². The first kappa shape index (κ1) is 14.6. The number of carboxylic acids is 1. The third kappa shape index (κ3) is 2.23. The molecule has 1 aromatic rings. The number of phenols is 1.